The highest BCUT2D eigenvalue weighted by atomic mass is 79.9. The fourth-order valence-corrected chi connectivity index (χ4v) is 2.24. The number of halogens is 2. The number of carboxylic acids is 1. The highest BCUT2D eigenvalue weighted by Gasteiger charge is 2.12. The van der Waals surface area contributed by atoms with Crippen molar-refractivity contribution >= 4 is 50.6 Å². The van der Waals surface area contributed by atoms with Gasteiger partial charge in [0.2, 0.25) is 0 Å². The third-order valence-electron chi connectivity index (χ3n) is 2.47. The largest absolute Gasteiger partial charge is 0.478 e. The Balaban J connectivity index is 2.40. The van der Waals surface area contributed by atoms with Crippen LogP contribution in [0, 0.1) is 0 Å². The molecule has 0 heterocycles. The van der Waals surface area contributed by atoms with E-state index in [1.165, 1.54) is 6.07 Å². The average Bonchev–Trinajstić information content (AvgIpc) is 2.32. The number of rotatable bonds is 3. The van der Waals surface area contributed by atoms with Crippen LogP contribution in [0.4, 0.5) is 17.1 Å². The quantitative estimate of drug-likeness (QED) is 0.734. The van der Waals surface area contributed by atoms with Gasteiger partial charge in [-0.15, -0.1) is 0 Å². The van der Waals surface area contributed by atoms with Crippen LogP contribution < -0.4 is 11.1 Å². The molecule has 2 aromatic rings. The van der Waals surface area contributed by atoms with Gasteiger partial charge >= 0.3 is 5.97 Å². The standard InChI is InChI=1S/C13H10BrClN2O2/c14-10-6-11(16)9(13(18)19)5-12(10)17-8-3-1-2-7(15)4-8/h1-6,17H,16H2,(H,18,19). The van der Waals surface area contributed by atoms with Crippen molar-refractivity contribution in [2.45, 2.75) is 0 Å². The Hall–Kier alpha value is -1.72. The van der Waals surface area contributed by atoms with E-state index >= 15 is 0 Å². The van der Waals surface area contributed by atoms with Crippen molar-refractivity contribution in [3.05, 3.63) is 51.5 Å². The lowest BCUT2D eigenvalue weighted by Gasteiger charge is -2.11. The normalized spacial score (nSPS) is 10.2. The predicted molar refractivity (Wildman–Crippen MR) is 80.2 cm³/mol. The Morgan fingerprint density at radius 3 is 2.68 bits per heavy atom. The lowest BCUT2D eigenvalue weighted by atomic mass is 10.1. The van der Waals surface area contributed by atoms with Crippen molar-refractivity contribution in [2.24, 2.45) is 0 Å². The van der Waals surface area contributed by atoms with Crippen LogP contribution in [0.15, 0.2) is 40.9 Å². The molecule has 4 nitrogen and oxygen atoms in total. The number of carbonyl (C=O) groups is 1. The maximum Gasteiger partial charge on any atom is 0.337 e. The Labute approximate surface area is 123 Å². The molecule has 0 aliphatic carbocycles. The number of anilines is 3. The second-order valence-corrected chi connectivity index (χ2v) is 5.15. The topological polar surface area (TPSA) is 75.3 Å². The third kappa shape index (κ3) is 3.19. The van der Waals surface area contributed by atoms with Crippen molar-refractivity contribution in [3.63, 3.8) is 0 Å². The van der Waals surface area contributed by atoms with Crippen molar-refractivity contribution in [3.8, 4) is 0 Å². The first-order valence-electron chi connectivity index (χ1n) is 5.32. The van der Waals surface area contributed by atoms with Crippen molar-refractivity contribution in [1.29, 1.82) is 0 Å². The van der Waals surface area contributed by atoms with E-state index < -0.39 is 5.97 Å². The summed E-state index contributed by atoms with van der Waals surface area (Å²) in [6, 6.07) is 10.2. The summed E-state index contributed by atoms with van der Waals surface area (Å²) in [4.78, 5) is 11.0. The highest BCUT2D eigenvalue weighted by Crippen LogP contribution is 2.31. The first kappa shape index (κ1) is 13.7. The van der Waals surface area contributed by atoms with Crippen molar-refractivity contribution in [2.75, 3.05) is 11.1 Å². The van der Waals surface area contributed by atoms with Crippen LogP contribution in [0.2, 0.25) is 5.02 Å². The van der Waals surface area contributed by atoms with Crippen molar-refractivity contribution in [1.82, 2.24) is 0 Å². The summed E-state index contributed by atoms with van der Waals surface area (Å²) in [7, 11) is 0. The van der Waals surface area contributed by atoms with Gasteiger partial charge in [-0.3, -0.25) is 0 Å². The van der Waals surface area contributed by atoms with Gasteiger partial charge < -0.3 is 16.2 Å². The maximum absolute atomic E-state index is 11.0. The fourth-order valence-electron chi connectivity index (χ4n) is 1.59. The van der Waals surface area contributed by atoms with E-state index in [0.29, 0.717) is 15.2 Å². The summed E-state index contributed by atoms with van der Waals surface area (Å²) in [5, 5.41) is 12.7. The molecule has 0 bridgehead atoms. The van der Waals surface area contributed by atoms with Gasteiger partial charge in [0.1, 0.15) is 0 Å². The summed E-state index contributed by atoms with van der Waals surface area (Å²) in [6.45, 7) is 0. The molecule has 0 aromatic heterocycles. The van der Waals surface area contributed by atoms with E-state index in [0.717, 1.165) is 5.69 Å². The van der Waals surface area contributed by atoms with Gasteiger partial charge in [-0.05, 0) is 46.3 Å². The maximum atomic E-state index is 11.0. The van der Waals surface area contributed by atoms with Crippen LogP contribution in [0.5, 0.6) is 0 Å². The van der Waals surface area contributed by atoms with Gasteiger partial charge in [0, 0.05) is 20.9 Å². The molecule has 0 amide bonds. The molecule has 98 valence electrons. The van der Waals surface area contributed by atoms with Crippen LogP contribution in [0.25, 0.3) is 0 Å². The lowest BCUT2D eigenvalue weighted by Crippen LogP contribution is -2.04. The Morgan fingerprint density at radius 2 is 2.05 bits per heavy atom. The molecule has 0 spiro atoms. The Morgan fingerprint density at radius 1 is 1.32 bits per heavy atom. The first-order valence-corrected chi connectivity index (χ1v) is 6.49. The molecule has 0 radical (unpaired) electrons. The van der Waals surface area contributed by atoms with Gasteiger partial charge in [0.15, 0.2) is 0 Å². The van der Waals surface area contributed by atoms with E-state index in [9.17, 15) is 4.79 Å². The highest BCUT2D eigenvalue weighted by molar-refractivity contribution is 9.10. The number of aromatic carboxylic acids is 1. The van der Waals surface area contributed by atoms with E-state index in [4.69, 9.17) is 22.4 Å². The minimum Gasteiger partial charge on any atom is -0.478 e. The number of nitrogen functional groups attached to an aromatic ring is 1. The molecular formula is C13H10BrClN2O2. The zero-order chi connectivity index (χ0) is 14.0. The monoisotopic (exact) mass is 340 g/mol. The van der Waals surface area contributed by atoms with E-state index in [1.807, 2.05) is 6.07 Å². The summed E-state index contributed by atoms with van der Waals surface area (Å²) >= 11 is 9.23. The Bertz CT molecular complexity index is 647. The molecule has 0 unspecified atom stereocenters. The summed E-state index contributed by atoms with van der Waals surface area (Å²) in [6.07, 6.45) is 0. The number of nitrogens with two attached hydrogens (primary N) is 1. The molecule has 2 rings (SSSR count). The Kier molecular flexibility index (Phi) is 3.97. The number of benzene rings is 2. The molecular weight excluding hydrogens is 332 g/mol. The van der Waals surface area contributed by atoms with Gasteiger partial charge in [-0.1, -0.05) is 17.7 Å². The molecule has 0 saturated heterocycles. The number of carboxylic acid groups (broad SMARTS) is 1. The van der Waals surface area contributed by atoms with Gasteiger partial charge in [0.05, 0.1) is 11.3 Å². The predicted octanol–water partition coefficient (Wildman–Crippen LogP) is 4.13. The molecule has 0 saturated carbocycles. The SMILES string of the molecule is Nc1cc(Br)c(Nc2cccc(Cl)c2)cc1C(=O)O. The number of hydrogen-bond acceptors (Lipinski definition) is 3. The minimum absolute atomic E-state index is 0.0488. The molecule has 2 aromatic carbocycles. The van der Waals surface area contributed by atoms with Crippen LogP contribution in [-0.2, 0) is 0 Å². The van der Waals surface area contributed by atoms with Gasteiger partial charge in [0.25, 0.3) is 0 Å². The molecule has 0 aliphatic rings. The average molecular weight is 342 g/mol. The zero-order valence-corrected chi connectivity index (χ0v) is 12.0. The third-order valence-corrected chi connectivity index (χ3v) is 3.36. The zero-order valence-electron chi connectivity index (χ0n) is 9.65. The van der Waals surface area contributed by atoms with Crippen LogP contribution >= 0.6 is 27.5 Å². The molecule has 6 heteroatoms. The van der Waals surface area contributed by atoms with Crippen LogP contribution in [0.1, 0.15) is 10.4 Å². The van der Waals surface area contributed by atoms with Crippen molar-refractivity contribution < 1.29 is 9.90 Å². The summed E-state index contributed by atoms with van der Waals surface area (Å²) in [5.74, 6) is -1.07. The van der Waals surface area contributed by atoms with Gasteiger partial charge in [-0.2, -0.15) is 0 Å². The molecule has 0 atom stereocenters. The molecule has 0 fully saturated rings. The lowest BCUT2D eigenvalue weighted by molar-refractivity contribution is 0.0698. The van der Waals surface area contributed by atoms with E-state index in [-0.39, 0.29) is 11.3 Å². The molecule has 0 aliphatic heterocycles. The summed E-state index contributed by atoms with van der Waals surface area (Å²) in [5.41, 5.74) is 7.27. The van der Waals surface area contributed by atoms with Crippen LogP contribution in [0.3, 0.4) is 0 Å². The summed E-state index contributed by atoms with van der Waals surface area (Å²) < 4.78 is 0.676. The van der Waals surface area contributed by atoms with E-state index in [2.05, 4.69) is 21.2 Å². The van der Waals surface area contributed by atoms with Crippen LogP contribution in [-0.4, -0.2) is 11.1 Å². The first-order chi connectivity index (χ1) is 8.97. The molecule has 19 heavy (non-hydrogen) atoms. The van der Waals surface area contributed by atoms with Gasteiger partial charge in [-0.25, -0.2) is 4.79 Å². The number of hydrogen-bond donors (Lipinski definition) is 3. The molecule has 4 N–H and O–H groups in total. The smallest absolute Gasteiger partial charge is 0.337 e. The second kappa shape index (κ2) is 5.50. The second-order valence-electron chi connectivity index (χ2n) is 3.86. The van der Waals surface area contributed by atoms with E-state index in [1.54, 1.807) is 24.3 Å². The minimum atomic E-state index is -1.07. The number of nitrogens with one attached hydrogen (secondary N) is 1. The fraction of sp³-hybridized carbons (Fsp3) is 0.